The van der Waals surface area contributed by atoms with Crippen molar-refractivity contribution in [1.82, 2.24) is 4.90 Å². The second-order valence-electron chi connectivity index (χ2n) is 19.2. The Bertz CT molecular complexity index is 1240. The van der Waals surface area contributed by atoms with Gasteiger partial charge in [0.2, 0.25) is 0 Å². The van der Waals surface area contributed by atoms with E-state index in [1.165, 1.54) is 135 Å². The number of hydrogen-bond acceptors (Lipinski definition) is 9. The van der Waals surface area contributed by atoms with Gasteiger partial charge in [-0.05, 0) is 90.3 Å². The molecular weight excluding hydrogens is 823 g/mol. The van der Waals surface area contributed by atoms with Crippen molar-refractivity contribution in [1.29, 1.82) is 0 Å². The molecule has 0 heterocycles. The van der Waals surface area contributed by atoms with Crippen molar-refractivity contribution in [2.24, 2.45) is 0 Å². The molecule has 9 heteroatoms. The van der Waals surface area contributed by atoms with Crippen LogP contribution >= 0.6 is 0 Å². The Balaban J connectivity index is 0. The van der Waals surface area contributed by atoms with E-state index in [-0.39, 0.29) is 22.9 Å². The van der Waals surface area contributed by atoms with Crippen molar-refractivity contribution in [2.45, 2.75) is 278 Å². The highest BCUT2D eigenvalue weighted by Crippen LogP contribution is 2.22. The van der Waals surface area contributed by atoms with Gasteiger partial charge in [-0.25, -0.2) is 0 Å². The molecule has 1 atom stereocenters. The van der Waals surface area contributed by atoms with Gasteiger partial charge in [-0.1, -0.05) is 183 Å². The highest BCUT2D eigenvalue weighted by molar-refractivity contribution is 5.75. The van der Waals surface area contributed by atoms with Crippen LogP contribution in [0.15, 0.2) is 9.59 Å². The summed E-state index contributed by atoms with van der Waals surface area (Å²) < 4.78 is 11.4. The first-order chi connectivity index (χ1) is 32.1. The van der Waals surface area contributed by atoms with Gasteiger partial charge in [0, 0.05) is 47.6 Å². The van der Waals surface area contributed by atoms with Crippen LogP contribution in [0.1, 0.15) is 266 Å². The van der Waals surface area contributed by atoms with Crippen molar-refractivity contribution in [3.8, 4) is 0 Å². The summed E-state index contributed by atoms with van der Waals surface area (Å²) in [5.41, 5.74) is 0.303. The molecule has 1 aromatic rings. The molecule has 0 fully saturated rings. The highest BCUT2D eigenvalue weighted by atomic mass is 16.5. The van der Waals surface area contributed by atoms with E-state index in [9.17, 15) is 19.2 Å². The Kier molecular flexibility index (Phi) is 49.0. The van der Waals surface area contributed by atoms with Crippen molar-refractivity contribution in [3.63, 3.8) is 0 Å². The molecule has 0 saturated carbocycles. The number of carbonyl (C=O) groups excluding carboxylic acids is 2. The molecule has 0 aliphatic rings. The van der Waals surface area contributed by atoms with Gasteiger partial charge in [-0.15, -0.1) is 0 Å². The van der Waals surface area contributed by atoms with Gasteiger partial charge in [0.1, 0.15) is 23.8 Å². The zero-order valence-corrected chi connectivity index (χ0v) is 45.6. The Hall–Kier alpha value is -2.26. The standard InChI is InChI=1S/C43H79N3O5.C12H26O.C2H6/c1-6-8-10-12-17-23-30-38(31-24-18-13-11-9-7-2)51-39(48)32-25-19-16-21-27-35-46(34-26-20-14-15-22-28-37-47)36-29-33-45(5)41-40(44(3)4)42(49)43(41)50;1-4-6-7-8-9-10-11-12(5-2)13-3;1-2/h37-38H,6-36H2,1-5H3;12H,4-11H2,1-3H3;1-2H3. The number of anilines is 2. The minimum absolute atomic E-state index is 0.000649. The molecule has 0 aliphatic carbocycles. The molecule has 66 heavy (non-hydrogen) atoms. The molecule has 390 valence electrons. The minimum atomic E-state index is -0.385. The topological polar surface area (TPSA) is 96.5 Å². The normalized spacial score (nSPS) is 11.6. The van der Waals surface area contributed by atoms with E-state index < -0.39 is 0 Å². The summed E-state index contributed by atoms with van der Waals surface area (Å²) in [4.78, 5) is 53.9. The van der Waals surface area contributed by atoms with Crippen LogP contribution in [0.25, 0.3) is 0 Å². The number of hydrogen-bond donors (Lipinski definition) is 0. The molecule has 1 aromatic carbocycles. The van der Waals surface area contributed by atoms with E-state index in [2.05, 4.69) is 32.6 Å². The smallest absolute Gasteiger partial charge is 0.306 e. The fourth-order valence-corrected chi connectivity index (χ4v) is 8.80. The Morgan fingerprint density at radius 3 is 1.33 bits per heavy atom. The Labute approximate surface area is 409 Å². The molecule has 0 bridgehead atoms. The first kappa shape index (κ1) is 65.8. The summed E-state index contributed by atoms with van der Waals surface area (Å²) in [7, 11) is 7.36. The number of unbranched alkanes of at least 4 members (excludes halogenated alkanes) is 24. The summed E-state index contributed by atoms with van der Waals surface area (Å²) in [6.07, 6.45) is 42.8. The summed E-state index contributed by atoms with van der Waals surface area (Å²) in [5, 5.41) is 0. The largest absolute Gasteiger partial charge is 0.462 e. The number of methoxy groups -OCH3 is 1. The third-order valence-electron chi connectivity index (χ3n) is 13.0. The zero-order chi connectivity index (χ0) is 49.5. The summed E-state index contributed by atoms with van der Waals surface area (Å²) in [6.45, 7) is 16.8. The van der Waals surface area contributed by atoms with Gasteiger partial charge in [0.15, 0.2) is 0 Å². The van der Waals surface area contributed by atoms with Crippen LogP contribution < -0.4 is 20.7 Å². The van der Waals surface area contributed by atoms with Crippen LogP contribution in [0.5, 0.6) is 0 Å². The van der Waals surface area contributed by atoms with E-state index >= 15 is 0 Å². The van der Waals surface area contributed by atoms with E-state index in [4.69, 9.17) is 9.47 Å². The third kappa shape index (κ3) is 36.7. The van der Waals surface area contributed by atoms with Crippen molar-refractivity contribution >= 4 is 23.6 Å². The molecule has 0 saturated heterocycles. The van der Waals surface area contributed by atoms with E-state index in [0.29, 0.717) is 30.3 Å². The molecule has 9 nitrogen and oxygen atoms in total. The van der Waals surface area contributed by atoms with Gasteiger partial charge in [-0.2, -0.15) is 0 Å². The first-order valence-corrected chi connectivity index (χ1v) is 28.2. The predicted molar refractivity (Wildman–Crippen MR) is 288 cm³/mol. The van der Waals surface area contributed by atoms with Gasteiger partial charge < -0.3 is 29.0 Å². The quantitative estimate of drug-likeness (QED) is 0.0274. The van der Waals surface area contributed by atoms with Crippen molar-refractivity contribution in [3.05, 3.63) is 20.4 Å². The van der Waals surface area contributed by atoms with Gasteiger partial charge in [-0.3, -0.25) is 14.4 Å². The van der Waals surface area contributed by atoms with E-state index in [1.54, 1.807) is 4.90 Å². The third-order valence-corrected chi connectivity index (χ3v) is 13.0. The van der Waals surface area contributed by atoms with Gasteiger partial charge in [0.25, 0.3) is 10.9 Å². The van der Waals surface area contributed by atoms with Gasteiger partial charge in [0.05, 0.1) is 6.10 Å². The highest BCUT2D eigenvalue weighted by Gasteiger charge is 2.25. The molecule has 1 rings (SSSR count). The van der Waals surface area contributed by atoms with Crippen LogP contribution in [-0.2, 0) is 19.1 Å². The number of ether oxygens (including phenoxy) is 2. The number of nitrogens with zero attached hydrogens (tertiary/aromatic N) is 3. The van der Waals surface area contributed by atoms with Crippen LogP contribution in [-0.4, -0.2) is 83.8 Å². The molecule has 0 N–H and O–H groups in total. The fraction of sp³-hybridized carbons (Fsp3) is 0.895. The predicted octanol–water partition coefficient (Wildman–Crippen LogP) is 15.0. The maximum absolute atomic E-state index is 12.8. The molecular formula is C57H111N3O6. The molecule has 0 aromatic heterocycles. The summed E-state index contributed by atoms with van der Waals surface area (Å²) in [5.74, 6) is 0.000649. The number of rotatable bonds is 46. The average molecular weight is 935 g/mol. The second-order valence-corrected chi connectivity index (χ2v) is 19.2. The molecule has 0 aliphatic heterocycles. The maximum atomic E-state index is 12.8. The van der Waals surface area contributed by atoms with Gasteiger partial charge >= 0.3 is 5.97 Å². The maximum Gasteiger partial charge on any atom is 0.306 e. The van der Waals surface area contributed by atoms with Crippen molar-refractivity contribution in [2.75, 3.05) is 64.2 Å². The van der Waals surface area contributed by atoms with E-state index in [0.717, 1.165) is 110 Å². The SMILES string of the molecule is CC.CCCCCCCCC(CC)OC.CCCCCCCCC(CCCCCCCC)OC(=O)CCCCCCCN(CCCCCCCC=O)CCCN(C)c1c(N(C)C)c(=O)c1=O. The number of esters is 1. The van der Waals surface area contributed by atoms with Crippen LogP contribution in [0, 0.1) is 0 Å². The van der Waals surface area contributed by atoms with E-state index in [1.807, 2.05) is 47.0 Å². The van der Waals surface area contributed by atoms with Crippen LogP contribution in [0.3, 0.4) is 0 Å². The Morgan fingerprint density at radius 1 is 0.500 bits per heavy atom. The molecule has 0 spiro atoms. The number of carbonyl (C=O) groups is 2. The zero-order valence-electron chi connectivity index (χ0n) is 45.6. The summed E-state index contributed by atoms with van der Waals surface area (Å²) >= 11 is 0. The molecule has 1 unspecified atom stereocenters. The average Bonchev–Trinajstić information content (AvgIpc) is 3.31. The molecule has 0 radical (unpaired) electrons. The number of aldehydes is 1. The Morgan fingerprint density at radius 2 is 0.894 bits per heavy atom. The monoisotopic (exact) mass is 934 g/mol. The fourth-order valence-electron chi connectivity index (χ4n) is 8.80. The first-order valence-electron chi connectivity index (χ1n) is 28.2. The summed E-state index contributed by atoms with van der Waals surface area (Å²) in [6, 6.07) is 0. The lowest BCUT2D eigenvalue weighted by Crippen LogP contribution is -2.44. The van der Waals surface area contributed by atoms with Crippen LogP contribution in [0.2, 0.25) is 0 Å². The van der Waals surface area contributed by atoms with Crippen LogP contribution in [0.4, 0.5) is 11.4 Å². The lowest BCUT2D eigenvalue weighted by Gasteiger charge is -2.28. The second kappa shape index (κ2) is 49.2. The van der Waals surface area contributed by atoms with Crippen molar-refractivity contribution < 1.29 is 19.1 Å². The lowest BCUT2D eigenvalue weighted by atomic mass is 10.0. The lowest BCUT2D eigenvalue weighted by molar-refractivity contribution is -0.150. The molecule has 0 amide bonds. The minimum Gasteiger partial charge on any atom is -0.462 e.